The molecule has 1 heterocycles. The Morgan fingerprint density at radius 3 is 2.70 bits per heavy atom. The summed E-state index contributed by atoms with van der Waals surface area (Å²) < 4.78 is 12.6. The van der Waals surface area contributed by atoms with Gasteiger partial charge in [0.2, 0.25) is 0 Å². The number of hydrogen-bond acceptors (Lipinski definition) is 2. The van der Waals surface area contributed by atoms with Gasteiger partial charge < -0.3 is 10.4 Å². The van der Waals surface area contributed by atoms with Gasteiger partial charge in [0.15, 0.2) is 0 Å². The predicted molar refractivity (Wildman–Crippen MR) is 37.6 cm³/mol. The van der Waals surface area contributed by atoms with E-state index in [-0.39, 0.29) is 12.0 Å². The van der Waals surface area contributed by atoms with Gasteiger partial charge in [0.25, 0.3) is 0 Å². The molecule has 0 bridgehead atoms. The zero-order valence-corrected chi connectivity index (χ0v) is 6.18. The summed E-state index contributed by atoms with van der Waals surface area (Å²) in [5.41, 5.74) is 0. The van der Waals surface area contributed by atoms with Crippen LogP contribution < -0.4 is 5.32 Å². The first-order chi connectivity index (χ1) is 4.70. The number of rotatable bonds is 1. The minimum atomic E-state index is -0.803. The van der Waals surface area contributed by atoms with Gasteiger partial charge in [-0.05, 0) is 13.3 Å². The van der Waals surface area contributed by atoms with Crippen LogP contribution in [0.1, 0.15) is 13.3 Å². The van der Waals surface area contributed by atoms with E-state index >= 15 is 0 Å². The smallest absolute Gasteiger partial charge is 0.101 e. The first kappa shape index (κ1) is 7.95. The molecule has 0 spiro atoms. The van der Waals surface area contributed by atoms with Crippen LogP contribution in [0.15, 0.2) is 0 Å². The summed E-state index contributed by atoms with van der Waals surface area (Å²) in [4.78, 5) is 0. The average molecular weight is 147 g/mol. The summed E-state index contributed by atoms with van der Waals surface area (Å²) in [6.07, 6.45) is -0.551. The van der Waals surface area contributed by atoms with E-state index in [1.807, 2.05) is 0 Å². The van der Waals surface area contributed by atoms with Crippen molar-refractivity contribution >= 4 is 0 Å². The van der Waals surface area contributed by atoms with Crippen LogP contribution in [0.2, 0.25) is 0 Å². The molecule has 0 aromatic carbocycles. The van der Waals surface area contributed by atoms with E-state index in [1.165, 1.54) is 0 Å². The molecule has 60 valence electrons. The highest BCUT2D eigenvalue weighted by atomic mass is 19.1. The monoisotopic (exact) mass is 147 g/mol. The summed E-state index contributed by atoms with van der Waals surface area (Å²) in [6.45, 7) is 2.86. The minimum Gasteiger partial charge on any atom is -0.392 e. The van der Waals surface area contributed by atoms with Crippen LogP contribution in [-0.2, 0) is 0 Å². The lowest BCUT2D eigenvalue weighted by Crippen LogP contribution is -2.42. The fourth-order valence-electron chi connectivity index (χ4n) is 1.30. The zero-order chi connectivity index (χ0) is 7.56. The average Bonchev–Trinajstić information content (AvgIpc) is 1.88. The van der Waals surface area contributed by atoms with E-state index < -0.39 is 6.17 Å². The number of piperidine rings is 1. The second-order valence-electron chi connectivity index (χ2n) is 2.99. The first-order valence-corrected chi connectivity index (χ1v) is 3.73. The highest BCUT2D eigenvalue weighted by Gasteiger charge is 2.23. The van der Waals surface area contributed by atoms with Crippen molar-refractivity contribution in [2.24, 2.45) is 5.92 Å². The summed E-state index contributed by atoms with van der Waals surface area (Å²) in [5, 5.41) is 12.1. The molecule has 0 aromatic rings. The maximum absolute atomic E-state index is 12.6. The van der Waals surface area contributed by atoms with Gasteiger partial charge in [-0.2, -0.15) is 0 Å². The Bertz CT molecular complexity index is 108. The molecule has 3 unspecified atom stereocenters. The molecule has 1 aliphatic rings. The van der Waals surface area contributed by atoms with Crippen LogP contribution in [0.4, 0.5) is 4.39 Å². The number of hydrogen-bond donors (Lipinski definition) is 2. The van der Waals surface area contributed by atoms with E-state index in [0.717, 1.165) is 0 Å². The van der Waals surface area contributed by atoms with Crippen molar-refractivity contribution in [3.05, 3.63) is 0 Å². The number of aliphatic hydroxyl groups excluding tert-OH is 1. The van der Waals surface area contributed by atoms with Gasteiger partial charge >= 0.3 is 0 Å². The fourth-order valence-corrected chi connectivity index (χ4v) is 1.30. The number of alkyl halides is 1. The highest BCUT2D eigenvalue weighted by Crippen LogP contribution is 2.16. The molecule has 10 heavy (non-hydrogen) atoms. The number of aliphatic hydroxyl groups is 1. The van der Waals surface area contributed by atoms with Crippen molar-refractivity contribution in [3.63, 3.8) is 0 Å². The quantitative estimate of drug-likeness (QED) is 0.559. The third-order valence-corrected chi connectivity index (χ3v) is 2.01. The van der Waals surface area contributed by atoms with Crippen LogP contribution in [0, 0.1) is 5.92 Å². The predicted octanol–water partition coefficient (Wildman–Crippen LogP) is 0.315. The van der Waals surface area contributed by atoms with E-state index in [4.69, 9.17) is 5.11 Å². The second-order valence-corrected chi connectivity index (χ2v) is 2.99. The molecule has 0 amide bonds. The van der Waals surface area contributed by atoms with Gasteiger partial charge in [0.05, 0.1) is 6.10 Å². The number of nitrogens with one attached hydrogen (secondary N) is 1. The maximum atomic E-state index is 12.6. The molecule has 2 N–H and O–H groups in total. The highest BCUT2D eigenvalue weighted by molar-refractivity contribution is 4.78. The van der Waals surface area contributed by atoms with Crippen LogP contribution >= 0.6 is 0 Å². The van der Waals surface area contributed by atoms with E-state index in [0.29, 0.717) is 19.5 Å². The Kier molecular flexibility index (Phi) is 2.63. The van der Waals surface area contributed by atoms with E-state index in [2.05, 4.69) is 5.32 Å². The molecule has 3 heteroatoms. The lowest BCUT2D eigenvalue weighted by Gasteiger charge is -2.27. The summed E-state index contributed by atoms with van der Waals surface area (Å²) in [5.74, 6) is 0.00347. The Morgan fingerprint density at radius 2 is 2.30 bits per heavy atom. The second kappa shape index (κ2) is 3.30. The largest absolute Gasteiger partial charge is 0.392 e. The van der Waals surface area contributed by atoms with Gasteiger partial charge in [-0.1, -0.05) is 0 Å². The van der Waals surface area contributed by atoms with Crippen LogP contribution in [0.3, 0.4) is 0 Å². The molecular formula is C7H14FNO. The third kappa shape index (κ3) is 1.92. The molecule has 1 saturated heterocycles. The van der Waals surface area contributed by atoms with Crippen molar-refractivity contribution in [3.8, 4) is 0 Å². The third-order valence-electron chi connectivity index (χ3n) is 2.01. The van der Waals surface area contributed by atoms with Crippen LogP contribution in [-0.4, -0.2) is 30.5 Å². The van der Waals surface area contributed by atoms with Crippen molar-refractivity contribution < 1.29 is 9.50 Å². The number of β-amino-alcohol motifs (C(OH)–C–C–N with tert-alkyl or cyclic N) is 1. The summed E-state index contributed by atoms with van der Waals surface area (Å²) in [7, 11) is 0. The van der Waals surface area contributed by atoms with Gasteiger partial charge in [-0.25, -0.2) is 4.39 Å². The van der Waals surface area contributed by atoms with Crippen molar-refractivity contribution in [2.45, 2.75) is 25.6 Å². The van der Waals surface area contributed by atoms with Gasteiger partial charge in [-0.3, -0.25) is 0 Å². The fraction of sp³-hybridized carbons (Fsp3) is 1.00. The van der Waals surface area contributed by atoms with E-state index in [1.54, 1.807) is 6.92 Å². The lowest BCUT2D eigenvalue weighted by atomic mass is 9.94. The normalized spacial score (nSPS) is 37.5. The van der Waals surface area contributed by atoms with Gasteiger partial charge in [-0.15, -0.1) is 0 Å². The van der Waals surface area contributed by atoms with Crippen molar-refractivity contribution in [1.29, 1.82) is 0 Å². The summed E-state index contributed by atoms with van der Waals surface area (Å²) in [6, 6.07) is 0. The molecule has 0 aliphatic carbocycles. The lowest BCUT2D eigenvalue weighted by molar-refractivity contribution is 0.0842. The minimum absolute atomic E-state index is 0.00347. The molecular weight excluding hydrogens is 133 g/mol. The Balaban J connectivity index is 2.32. The molecule has 0 radical (unpaired) electrons. The van der Waals surface area contributed by atoms with Crippen molar-refractivity contribution in [1.82, 2.24) is 5.32 Å². The summed E-state index contributed by atoms with van der Waals surface area (Å²) >= 11 is 0. The molecule has 0 aromatic heterocycles. The molecule has 3 atom stereocenters. The molecule has 1 aliphatic heterocycles. The Labute approximate surface area is 60.4 Å². The standard InChI is InChI=1S/C7H14FNO/c1-5(8)6-2-7(10)4-9-3-6/h5-7,9-10H,2-4H2,1H3. The van der Waals surface area contributed by atoms with Crippen molar-refractivity contribution in [2.75, 3.05) is 13.1 Å². The van der Waals surface area contributed by atoms with Gasteiger partial charge in [0, 0.05) is 19.0 Å². The SMILES string of the molecule is CC(F)C1CNCC(O)C1. The van der Waals surface area contributed by atoms with Crippen LogP contribution in [0.25, 0.3) is 0 Å². The molecule has 2 nitrogen and oxygen atoms in total. The zero-order valence-electron chi connectivity index (χ0n) is 6.18. The molecule has 1 rings (SSSR count). The molecule has 0 saturated carbocycles. The van der Waals surface area contributed by atoms with Gasteiger partial charge in [0.1, 0.15) is 6.17 Å². The Hall–Kier alpha value is -0.150. The Morgan fingerprint density at radius 1 is 1.60 bits per heavy atom. The van der Waals surface area contributed by atoms with E-state index in [9.17, 15) is 4.39 Å². The number of halogens is 1. The van der Waals surface area contributed by atoms with Crippen LogP contribution in [0.5, 0.6) is 0 Å². The molecule has 1 fully saturated rings. The maximum Gasteiger partial charge on any atom is 0.101 e. The first-order valence-electron chi connectivity index (χ1n) is 3.73. The topological polar surface area (TPSA) is 32.3 Å².